The predicted octanol–water partition coefficient (Wildman–Crippen LogP) is 17.0. The van der Waals surface area contributed by atoms with Gasteiger partial charge in [-0.3, -0.25) is 14.4 Å². The molecule has 0 aliphatic rings. The first-order chi connectivity index (χ1) is 29.0. The first kappa shape index (κ1) is 57.1. The van der Waals surface area contributed by atoms with Gasteiger partial charge in [0.25, 0.3) is 0 Å². The van der Waals surface area contributed by atoms with Crippen LogP contribution in [0, 0.1) is 0 Å². The molecular formula is C53H100O6. The Bertz CT molecular complexity index is 916. The highest BCUT2D eigenvalue weighted by atomic mass is 16.6. The maximum Gasteiger partial charge on any atom is 0.306 e. The van der Waals surface area contributed by atoms with Crippen LogP contribution in [0.3, 0.4) is 0 Å². The Morgan fingerprint density at radius 1 is 0.322 bits per heavy atom. The number of esters is 3. The SMILES string of the molecule is CCC/C=C\CCCCCCCC(=O)OCC(COC(=O)CCCCCCCCCCCCCCCCCCC)OC(=O)CCCCCCCCCCCCCCCC. The van der Waals surface area contributed by atoms with Crippen LogP contribution in [0.25, 0.3) is 0 Å². The Hall–Kier alpha value is -1.85. The molecule has 6 nitrogen and oxygen atoms in total. The van der Waals surface area contributed by atoms with Crippen LogP contribution in [0.5, 0.6) is 0 Å². The van der Waals surface area contributed by atoms with Crippen LogP contribution < -0.4 is 0 Å². The van der Waals surface area contributed by atoms with Crippen molar-refractivity contribution in [3.8, 4) is 0 Å². The number of allylic oxidation sites excluding steroid dienone is 2. The summed E-state index contributed by atoms with van der Waals surface area (Å²) in [5.41, 5.74) is 0. The second-order valence-corrected chi connectivity index (χ2v) is 17.8. The fraction of sp³-hybridized carbons (Fsp3) is 0.906. The van der Waals surface area contributed by atoms with Crippen molar-refractivity contribution in [3.63, 3.8) is 0 Å². The van der Waals surface area contributed by atoms with Gasteiger partial charge in [-0.1, -0.05) is 245 Å². The molecule has 0 bridgehead atoms. The molecule has 1 atom stereocenters. The van der Waals surface area contributed by atoms with Crippen LogP contribution in [-0.4, -0.2) is 37.2 Å². The summed E-state index contributed by atoms with van der Waals surface area (Å²) in [7, 11) is 0. The molecule has 0 aromatic carbocycles. The molecule has 6 heteroatoms. The van der Waals surface area contributed by atoms with Gasteiger partial charge in [0.05, 0.1) is 0 Å². The minimum atomic E-state index is -0.765. The summed E-state index contributed by atoms with van der Waals surface area (Å²) in [6.07, 6.45) is 53.4. The monoisotopic (exact) mass is 833 g/mol. The van der Waals surface area contributed by atoms with Crippen molar-refractivity contribution in [1.82, 2.24) is 0 Å². The summed E-state index contributed by atoms with van der Waals surface area (Å²) < 4.78 is 16.8. The van der Waals surface area contributed by atoms with Crippen molar-refractivity contribution in [2.24, 2.45) is 0 Å². The molecule has 0 saturated heterocycles. The van der Waals surface area contributed by atoms with E-state index in [9.17, 15) is 14.4 Å². The lowest BCUT2D eigenvalue weighted by molar-refractivity contribution is -0.167. The van der Waals surface area contributed by atoms with Gasteiger partial charge in [0.2, 0.25) is 0 Å². The molecule has 0 aliphatic heterocycles. The molecule has 1 unspecified atom stereocenters. The highest BCUT2D eigenvalue weighted by Crippen LogP contribution is 2.17. The van der Waals surface area contributed by atoms with Crippen LogP contribution >= 0.6 is 0 Å². The second-order valence-electron chi connectivity index (χ2n) is 17.8. The molecule has 348 valence electrons. The molecule has 0 radical (unpaired) electrons. The average Bonchev–Trinajstić information content (AvgIpc) is 3.23. The lowest BCUT2D eigenvalue weighted by Crippen LogP contribution is -2.30. The van der Waals surface area contributed by atoms with Crippen LogP contribution in [0.4, 0.5) is 0 Å². The summed E-state index contributed by atoms with van der Waals surface area (Å²) in [4.78, 5) is 37.9. The Balaban J connectivity index is 4.27. The standard InChI is InChI=1S/C53H100O6/c1-4-7-10-13-16-19-22-24-26-27-28-30-31-34-37-40-43-46-52(55)58-49-50(48-57-51(54)45-42-39-36-33-21-18-15-12-9-6-3)59-53(56)47-44-41-38-35-32-29-25-23-20-17-14-11-8-5-2/h12,15,50H,4-11,13-14,16-49H2,1-3H3/b15-12-. The quantitative estimate of drug-likeness (QED) is 0.0263. The fourth-order valence-electron chi connectivity index (χ4n) is 7.80. The van der Waals surface area contributed by atoms with Gasteiger partial charge >= 0.3 is 17.9 Å². The molecule has 0 N–H and O–H groups in total. The van der Waals surface area contributed by atoms with E-state index in [0.29, 0.717) is 19.3 Å². The third-order valence-electron chi connectivity index (χ3n) is 11.8. The van der Waals surface area contributed by atoms with Crippen molar-refractivity contribution in [3.05, 3.63) is 12.2 Å². The summed E-state index contributed by atoms with van der Waals surface area (Å²) in [5.74, 6) is -0.861. The molecule has 0 rings (SSSR count). The maximum absolute atomic E-state index is 12.8. The largest absolute Gasteiger partial charge is 0.462 e. The minimum absolute atomic E-state index is 0.0672. The van der Waals surface area contributed by atoms with Crippen LogP contribution in [0.15, 0.2) is 12.2 Å². The molecule has 0 aliphatic carbocycles. The molecule has 0 aromatic heterocycles. The number of rotatable bonds is 48. The molecule has 0 saturated carbocycles. The zero-order valence-electron chi connectivity index (χ0n) is 39.8. The smallest absolute Gasteiger partial charge is 0.306 e. The van der Waals surface area contributed by atoms with E-state index in [2.05, 4.69) is 32.9 Å². The molecule has 0 aromatic rings. The van der Waals surface area contributed by atoms with E-state index >= 15 is 0 Å². The van der Waals surface area contributed by atoms with Crippen LogP contribution in [0.2, 0.25) is 0 Å². The van der Waals surface area contributed by atoms with Gasteiger partial charge in [-0.15, -0.1) is 0 Å². The lowest BCUT2D eigenvalue weighted by atomic mass is 10.0. The van der Waals surface area contributed by atoms with E-state index in [4.69, 9.17) is 14.2 Å². The number of carbonyl (C=O) groups is 3. The van der Waals surface area contributed by atoms with Crippen LogP contribution in [0.1, 0.15) is 290 Å². The van der Waals surface area contributed by atoms with E-state index in [1.165, 1.54) is 180 Å². The highest BCUT2D eigenvalue weighted by Gasteiger charge is 2.19. The van der Waals surface area contributed by atoms with E-state index in [1.807, 2.05) is 0 Å². The van der Waals surface area contributed by atoms with E-state index in [1.54, 1.807) is 0 Å². The van der Waals surface area contributed by atoms with E-state index in [-0.39, 0.29) is 31.1 Å². The van der Waals surface area contributed by atoms with Crippen molar-refractivity contribution in [2.75, 3.05) is 13.2 Å². The summed E-state index contributed by atoms with van der Waals surface area (Å²) in [5, 5.41) is 0. The van der Waals surface area contributed by atoms with Gasteiger partial charge in [0, 0.05) is 19.3 Å². The topological polar surface area (TPSA) is 78.9 Å². The van der Waals surface area contributed by atoms with Crippen molar-refractivity contribution in [2.45, 2.75) is 297 Å². The number of hydrogen-bond acceptors (Lipinski definition) is 6. The van der Waals surface area contributed by atoms with E-state index < -0.39 is 6.10 Å². The van der Waals surface area contributed by atoms with Gasteiger partial charge in [-0.2, -0.15) is 0 Å². The number of unbranched alkanes of at least 4 members (excludes halogenated alkanes) is 35. The van der Waals surface area contributed by atoms with Gasteiger partial charge < -0.3 is 14.2 Å². The zero-order valence-corrected chi connectivity index (χ0v) is 39.8. The van der Waals surface area contributed by atoms with Crippen LogP contribution in [-0.2, 0) is 28.6 Å². The van der Waals surface area contributed by atoms with Gasteiger partial charge in [0.15, 0.2) is 6.10 Å². The normalized spacial score (nSPS) is 12.0. The molecule has 0 fully saturated rings. The Morgan fingerprint density at radius 3 is 0.915 bits per heavy atom. The summed E-state index contributed by atoms with van der Waals surface area (Å²) in [6, 6.07) is 0. The maximum atomic E-state index is 12.8. The van der Waals surface area contributed by atoms with Crippen molar-refractivity contribution >= 4 is 17.9 Å². The van der Waals surface area contributed by atoms with E-state index in [0.717, 1.165) is 70.6 Å². The first-order valence-corrected chi connectivity index (χ1v) is 26.2. The molecule has 0 spiro atoms. The Labute approximate surface area is 367 Å². The molecular weight excluding hydrogens is 733 g/mol. The second kappa shape index (κ2) is 48.8. The Kier molecular flexibility index (Phi) is 47.3. The highest BCUT2D eigenvalue weighted by molar-refractivity contribution is 5.71. The summed E-state index contributed by atoms with van der Waals surface area (Å²) in [6.45, 7) is 6.61. The van der Waals surface area contributed by atoms with Gasteiger partial charge in [0.1, 0.15) is 13.2 Å². The van der Waals surface area contributed by atoms with Crippen molar-refractivity contribution in [1.29, 1.82) is 0 Å². The van der Waals surface area contributed by atoms with Gasteiger partial charge in [-0.25, -0.2) is 0 Å². The zero-order chi connectivity index (χ0) is 43.0. The third-order valence-corrected chi connectivity index (χ3v) is 11.8. The van der Waals surface area contributed by atoms with Gasteiger partial charge in [-0.05, 0) is 38.5 Å². The lowest BCUT2D eigenvalue weighted by Gasteiger charge is -2.18. The fourth-order valence-corrected chi connectivity index (χ4v) is 7.80. The minimum Gasteiger partial charge on any atom is -0.462 e. The number of carbonyl (C=O) groups excluding carboxylic acids is 3. The first-order valence-electron chi connectivity index (χ1n) is 26.2. The molecule has 0 heterocycles. The summed E-state index contributed by atoms with van der Waals surface area (Å²) >= 11 is 0. The number of ether oxygens (including phenoxy) is 3. The molecule has 59 heavy (non-hydrogen) atoms. The Morgan fingerprint density at radius 2 is 0.593 bits per heavy atom. The molecule has 0 amide bonds. The average molecular weight is 833 g/mol. The predicted molar refractivity (Wildman–Crippen MR) is 252 cm³/mol. The number of hydrogen-bond donors (Lipinski definition) is 0. The third kappa shape index (κ3) is 47.1. The van der Waals surface area contributed by atoms with Crippen molar-refractivity contribution < 1.29 is 28.6 Å².